The lowest BCUT2D eigenvalue weighted by Crippen LogP contribution is -1.81. The van der Waals surface area contributed by atoms with Crippen LogP contribution in [0.15, 0.2) is 22.8 Å². The minimum absolute atomic E-state index is 0.693. The summed E-state index contributed by atoms with van der Waals surface area (Å²) in [6, 6.07) is 3.88. The zero-order chi connectivity index (χ0) is 8.72. The average Bonchev–Trinajstić information content (AvgIpc) is 2.48. The van der Waals surface area contributed by atoms with Crippen molar-refractivity contribution in [1.82, 2.24) is 0 Å². The Balaban J connectivity index is 2.97. The Morgan fingerprint density at radius 3 is 2.83 bits per heavy atom. The van der Waals surface area contributed by atoms with Crippen LogP contribution >= 0.6 is 11.6 Å². The lowest BCUT2D eigenvalue weighted by atomic mass is 10.1. The summed E-state index contributed by atoms with van der Waals surface area (Å²) in [5, 5.41) is 1.80. The van der Waals surface area contributed by atoms with Gasteiger partial charge in [0.1, 0.15) is 0 Å². The minimum atomic E-state index is 0.693. The third kappa shape index (κ3) is 0.935. The largest absolute Gasteiger partial charge is 0.463 e. The smallest absolute Gasteiger partial charge is 0.152 e. The highest BCUT2D eigenvalue weighted by atomic mass is 35.5. The molecule has 12 heavy (non-hydrogen) atoms. The Bertz CT molecular complexity index is 429. The Kier molecular flexibility index (Phi) is 1.62. The highest BCUT2D eigenvalue weighted by molar-refractivity contribution is 6.35. The van der Waals surface area contributed by atoms with Gasteiger partial charge in [0.05, 0.1) is 11.3 Å². The summed E-state index contributed by atoms with van der Waals surface area (Å²) < 4.78 is 5.25. The van der Waals surface area contributed by atoms with Gasteiger partial charge in [-0.25, -0.2) is 0 Å². The molecule has 1 aromatic heterocycles. The molecule has 0 bridgehead atoms. The fourth-order valence-corrected chi connectivity index (χ4v) is 1.68. The van der Waals surface area contributed by atoms with Gasteiger partial charge in [-0.2, -0.15) is 0 Å². The average molecular weight is 181 g/mol. The molecule has 2 aromatic rings. The van der Waals surface area contributed by atoms with E-state index in [2.05, 4.69) is 6.92 Å². The molecule has 0 aliphatic carbocycles. The first-order valence-corrected chi connectivity index (χ1v) is 4.21. The fourth-order valence-electron chi connectivity index (χ4n) is 1.37. The van der Waals surface area contributed by atoms with E-state index in [0.717, 1.165) is 11.0 Å². The highest BCUT2D eigenvalue weighted by Crippen LogP contribution is 2.29. The van der Waals surface area contributed by atoms with Crippen LogP contribution in [0.4, 0.5) is 0 Å². The summed E-state index contributed by atoms with van der Waals surface area (Å²) in [6.45, 7) is 4.12. The third-order valence-corrected chi connectivity index (χ3v) is 2.50. The van der Waals surface area contributed by atoms with Gasteiger partial charge in [0, 0.05) is 5.39 Å². The molecule has 0 aliphatic heterocycles. The molecule has 0 amide bonds. The van der Waals surface area contributed by atoms with Crippen molar-refractivity contribution in [3.05, 3.63) is 34.5 Å². The van der Waals surface area contributed by atoms with Crippen LogP contribution in [0.5, 0.6) is 0 Å². The molecular formula is C10H9ClO. The number of hydrogen-bond donors (Lipinski definition) is 0. The Morgan fingerprint density at radius 1 is 1.33 bits per heavy atom. The summed E-state index contributed by atoms with van der Waals surface area (Å²) in [5.74, 6) is 0. The van der Waals surface area contributed by atoms with Gasteiger partial charge in [0.25, 0.3) is 0 Å². The van der Waals surface area contributed by atoms with Gasteiger partial charge in [-0.15, -0.1) is 0 Å². The monoisotopic (exact) mass is 180 g/mol. The number of rotatable bonds is 0. The number of hydrogen-bond acceptors (Lipinski definition) is 1. The molecule has 2 rings (SSSR count). The molecule has 0 aliphatic rings. The van der Waals surface area contributed by atoms with E-state index >= 15 is 0 Å². The Morgan fingerprint density at radius 2 is 2.08 bits per heavy atom. The molecular weight excluding hydrogens is 172 g/mol. The third-order valence-electron chi connectivity index (χ3n) is 2.22. The molecule has 1 aromatic carbocycles. The van der Waals surface area contributed by atoms with Crippen molar-refractivity contribution >= 4 is 22.6 Å². The molecule has 0 unspecified atom stereocenters. The zero-order valence-electron chi connectivity index (χ0n) is 7.02. The molecule has 1 heterocycles. The second-order valence-electron chi connectivity index (χ2n) is 2.96. The van der Waals surface area contributed by atoms with Crippen LogP contribution in [-0.2, 0) is 0 Å². The fraction of sp³-hybridized carbons (Fsp3) is 0.200. The van der Waals surface area contributed by atoms with E-state index in [1.807, 2.05) is 19.1 Å². The molecule has 0 radical (unpaired) electrons. The first-order valence-electron chi connectivity index (χ1n) is 3.83. The van der Waals surface area contributed by atoms with Crippen molar-refractivity contribution < 1.29 is 4.42 Å². The van der Waals surface area contributed by atoms with Crippen LogP contribution in [0.3, 0.4) is 0 Å². The van der Waals surface area contributed by atoms with Crippen molar-refractivity contribution in [1.29, 1.82) is 0 Å². The molecule has 0 spiro atoms. The SMILES string of the molecule is Cc1cc(Cl)c2occc2c1C. The quantitative estimate of drug-likeness (QED) is 0.603. The summed E-state index contributed by atoms with van der Waals surface area (Å²) in [7, 11) is 0. The van der Waals surface area contributed by atoms with Crippen LogP contribution in [0.2, 0.25) is 5.02 Å². The molecule has 1 nitrogen and oxygen atoms in total. The van der Waals surface area contributed by atoms with Crippen LogP contribution in [0.1, 0.15) is 11.1 Å². The second-order valence-corrected chi connectivity index (χ2v) is 3.37. The van der Waals surface area contributed by atoms with Gasteiger partial charge in [0.2, 0.25) is 0 Å². The van der Waals surface area contributed by atoms with Gasteiger partial charge in [0.15, 0.2) is 5.58 Å². The zero-order valence-corrected chi connectivity index (χ0v) is 7.77. The highest BCUT2D eigenvalue weighted by Gasteiger charge is 2.06. The van der Waals surface area contributed by atoms with Gasteiger partial charge >= 0.3 is 0 Å². The van der Waals surface area contributed by atoms with Gasteiger partial charge < -0.3 is 4.42 Å². The lowest BCUT2D eigenvalue weighted by Gasteiger charge is -2.01. The van der Waals surface area contributed by atoms with E-state index in [1.165, 1.54) is 11.1 Å². The van der Waals surface area contributed by atoms with Crippen molar-refractivity contribution in [2.75, 3.05) is 0 Å². The van der Waals surface area contributed by atoms with Crippen molar-refractivity contribution in [3.63, 3.8) is 0 Å². The van der Waals surface area contributed by atoms with E-state index in [0.29, 0.717) is 5.02 Å². The summed E-state index contributed by atoms with van der Waals surface area (Å²) in [6.07, 6.45) is 1.67. The van der Waals surface area contributed by atoms with Gasteiger partial charge in [-0.05, 0) is 37.1 Å². The van der Waals surface area contributed by atoms with E-state index in [9.17, 15) is 0 Å². The normalized spacial score (nSPS) is 10.9. The topological polar surface area (TPSA) is 13.1 Å². The Hall–Kier alpha value is -0.950. The predicted octanol–water partition coefficient (Wildman–Crippen LogP) is 3.70. The number of halogens is 1. The van der Waals surface area contributed by atoms with Crippen LogP contribution in [-0.4, -0.2) is 0 Å². The lowest BCUT2D eigenvalue weighted by molar-refractivity contribution is 0.616. The standard InChI is InChI=1S/C10H9ClO/c1-6-5-9(11)10-8(7(6)2)3-4-12-10/h3-5H,1-2H3. The van der Waals surface area contributed by atoms with Crippen molar-refractivity contribution in [2.24, 2.45) is 0 Å². The second kappa shape index (κ2) is 2.53. The van der Waals surface area contributed by atoms with Gasteiger partial charge in [-0.1, -0.05) is 11.6 Å². The maximum Gasteiger partial charge on any atom is 0.152 e. The number of benzene rings is 1. The van der Waals surface area contributed by atoms with Crippen LogP contribution < -0.4 is 0 Å². The number of furan rings is 1. The van der Waals surface area contributed by atoms with E-state index < -0.39 is 0 Å². The first-order chi connectivity index (χ1) is 5.70. The summed E-state index contributed by atoms with van der Waals surface area (Å²) >= 11 is 5.98. The molecule has 2 heteroatoms. The maximum absolute atomic E-state index is 5.98. The molecule has 62 valence electrons. The van der Waals surface area contributed by atoms with Crippen molar-refractivity contribution in [2.45, 2.75) is 13.8 Å². The molecule has 0 N–H and O–H groups in total. The van der Waals surface area contributed by atoms with E-state index in [4.69, 9.17) is 16.0 Å². The number of fused-ring (bicyclic) bond motifs is 1. The van der Waals surface area contributed by atoms with Crippen LogP contribution in [0, 0.1) is 13.8 Å². The number of aryl methyl sites for hydroxylation is 2. The van der Waals surface area contributed by atoms with Crippen LogP contribution in [0.25, 0.3) is 11.0 Å². The Labute approximate surface area is 75.9 Å². The molecule has 0 saturated carbocycles. The molecule has 0 fully saturated rings. The van der Waals surface area contributed by atoms with E-state index in [-0.39, 0.29) is 0 Å². The predicted molar refractivity (Wildman–Crippen MR) is 50.7 cm³/mol. The minimum Gasteiger partial charge on any atom is -0.463 e. The van der Waals surface area contributed by atoms with E-state index in [1.54, 1.807) is 6.26 Å². The maximum atomic E-state index is 5.98. The van der Waals surface area contributed by atoms with Crippen molar-refractivity contribution in [3.8, 4) is 0 Å². The summed E-state index contributed by atoms with van der Waals surface area (Å²) in [4.78, 5) is 0. The molecule has 0 atom stereocenters. The van der Waals surface area contributed by atoms with Gasteiger partial charge in [-0.3, -0.25) is 0 Å². The summed E-state index contributed by atoms with van der Waals surface area (Å²) in [5.41, 5.74) is 3.23. The first kappa shape index (κ1) is 7.69. The molecule has 0 saturated heterocycles.